The molecule has 0 aliphatic carbocycles. The molecule has 0 aliphatic rings. The van der Waals surface area contributed by atoms with Gasteiger partial charge in [-0.2, -0.15) is 0 Å². The van der Waals surface area contributed by atoms with Crippen molar-refractivity contribution in [2.75, 3.05) is 0 Å². The third-order valence-electron chi connectivity index (χ3n) is 1.93. The number of carboxylic acids is 1. The Hall–Kier alpha value is -0.600. The minimum absolute atomic E-state index is 0.148. The van der Waals surface area contributed by atoms with E-state index in [2.05, 4.69) is 6.92 Å². The number of hydrogen-bond acceptors (Lipinski definition) is 1. The van der Waals surface area contributed by atoms with E-state index in [-0.39, 0.29) is 12.3 Å². The molecule has 0 fully saturated rings. The predicted molar refractivity (Wildman–Crippen MR) is 45.8 cm³/mol. The van der Waals surface area contributed by atoms with Gasteiger partial charge in [-0.15, -0.1) is 0 Å². The van der Waals surface area contributed by atoms with Crippen molar-refractivity contribution in [1.82, 2.24) is 0 Å². The highest BCUT2D eigenvalue weighted by Gasteiger charge is 2.18. The lowest BCUT2D eigenvalue weighted by molar-refractivity contribution is -0.143. The van der Waals surface area contributed by atoms with Gasteiger partial charge in [0.05, 0.1) is 0 Å². The van der Waals surface area contributed by atoms with Gasteiger partial charge in [-0.1, -0.05) is 33.1 Å². The summed E-state index contributed by atoms with van der Waals surface area (Å²) in [6, 6.07) is 0. The second-order valence-corrected chi connectivity index (χ2v) is 3.29. The van der Waals surface area contributed by atoms with Gasteiger partial charge in [-0.25, -0.2) is 9.18 Å². The standard InChI is InChI=1S/C9H17FO2/c1-3-4-5-7(2)6-8(10)9(11)12/h7-8H,3-6H2,1-2H3,(H,11,12). The molecule has 0 amide bonds. The van der Waals surface area contributed by atoms with E-state index < -0.39 is 12.1 Å². The molecule has 0 aromatic rings. The van der Waals surface area contributed by atoms with Gasteiger partial charge in [0.15, 0.2) is 6.17 Å². The molecule has 1 N–H and O–H groups in total. The van der Waals surface area contributed by atoms with Crippen LogP contribution in [0.5, 0.6) is 0 Å². The van der Waals surface area contributed by atoms with Gasteiger partial charge in [0, 0.05) is 0 Å². The minimum Gasteiger partial charge on any atom is -0.479 e. The number of hydrogen-bond donors (Lipinski definition) is 1. The summed E-state index contributed by atoms with van der Waals surface area (Å²) in [5.74, 6) is -1.16. The fraction of sp³-hybridized carbons (Fsp3) is 0.889. The monoisotopic (exact) mass is 176 g/mol. The van der Waals surface area contributed by atoms with Crippen molar-refractivity contribution in [3.05, 3.63) is 0 Å². The fourth-order valence-corrected chi connectivity index (χ4v) is 1.12. The lowest BCUT2D eigenvalue weighted by Gasteiger charge is -2.10. The Labute approximate surface area is 72.8 Å². The van der Waals surface area contributed by atoms with E-state index in [0.717, 1.165) is 19.3 Å². The van der Waals surface area contributed by atoms with Crippen molar-refractivity contribution in [2.45, 2.75) is 45.7 Å². The molecule has 0 saturated carbocycles. The summed E-state index contributed by atoms with van der Waals surface area (Å²) in [4.78, 5) is 10.1. The van der Waals surface area contributed by atoms with E-state index in [1.165, 1.54) is 0 Å². The van der Waals surface area contributed by atoms with Gasteiger partial charge >= 0.3 is 5.97 Å². The normalized spacial score (nSPS) is 15.6. The van der Waals surface area contributed by atoms with Crippen LogP contribution in [0.3, 0.4) is 0 Å². The molecule has 0 aromatic heterocycles. The largest absolute Gasteiger partial charge is 0.479 e. The third kappa shape index (κ3) is 5.10. The highest BCUT2D eigenvalue weighted by atomic mass is 19.1. The molecule has 0 aliphatic heterocycles. The molecule has 0 radical (unpaired) electrons. The summed E-state index contributed by atoms with van der Waals surface area (Å²) in [7, 11) is 0. The zero-order chi connectivity index (χ0) is 9.56. The maximum Gasteiger partial charge on any atom is 0.338 e. The Morgan fingerprint density at radius 3 is 2.58 bits per heavy atom. The predicted octanol–water partition coefficient (Wildman–Crippen LogP) is 2.63. The van der Waals surface area contributed by atoms with Gasteiger partial charge in [-0.3, -0.25) is 0 Å². The Morgan fingerprint density at radius 1 is 1.58 bits per heavy atom. The van der Waals surface area contributed by atoms with Crippen LogP contribution < -0.4 is 0 Å². The van der Waals surface area contributed by atoms with Crippen molar-refractivity contribution in [1.29, 1.82) is 0 Å². The third-order valence-corrected chi connectivity index (χ3v) is 1.93. The van der Waals surface area contributed by atoms with Gasteiger partial charge in [0.25, 0.3) is 0 Å². The van der Waals surface area contributed by atoms with Crippen LogP contribution in [0, 0.1) is 5.92 Å². The van der Waals surface area contributed by atoms with Crippen LogP contribution in [0.4, 0.5) is 4.39 Å². The van der Waals surface area contributed by atoms with Crippen molar-refractivity contribution < 1.29 is 14.3 Å². The summed E-state index contributed by atoms with van der Waals surface area (Å²) in [5, 5.41) is 8.28. The second kappa shape index (κ2) is 5.98. The van der Waals surface area contributed by atoms with Crippen LogP contribution >= 0.6 is 0 Å². The first-order valence-corrected chi connectivity index (χ1v) is 4.44. The molecule has 0 aromatic carbocycles. The molecule has 2 unspecified atom stereocenters. The molecule has 0 saturated heterocycles. The topological polar surface area (TPSA) is 37.3 Å². The number of aliphatic carboxylic acids is 1. The van der Waals surface area contributed by atoms with Gasteiger partial charge in [0.1, 0.15) is 0 Å². The summed E-state index contributed by atoms with van der Waals surface area (Å²) < 4.78 is 12.6. The van der Waals surface area contributed by atoms with Crippen LogP contribution in [-0.2, 0) is 4.79 Å². The maximum atomic E-state index is 12.6. The van der Waals surface area contributed by atoms with Crippen molar-refractivity contribution in [3.8, 4) is 0 Å². The lowest BCUT2D eigenvalue weighted by Crippen LogP contribution is -2.17. The van der Waals surface area contributed by atoms with Crippen LogP contribution in [0.2, 0.25) is 0 Å². The zero-order valence-corrected chi connectivity index (χ0v) is 7.72. The molecule has 12 heavy (non-hydrogen) atoms. The smallest absolute Gasteiger partial charge is 0.338 e. The first-order valence-electron chi connectivity index (χ1n) is 4.44. The Balaban J connectivity index is 3.53. The number of alkyl halides is 1. The molecule has 0 heterocycles. The van der Waals surface area contributed by atoms with Gasteiger partial charge < -0.3 is 5.11 Å². The summed E-state index contributed by atoms with van der Waals surface area (Å²) in [5.41, 5.74) is 0. The molecule has 2 nitrogen and oxygen atoms in total. The fourth-order valence-electron chi connectivity index (χ4n) is 1.12. The van der Waals surface area contributed by atoms with E-state index in [0.29, 0.717) is 0 Å². The Bertz CT molecular complexity index is 136. The summed E-state index contributed by atoms with van der Waals surface area (Å²) in [6.45, 7) is 3.96. The summed E-state index contributed by atoms with van der Waals surface area (Å²) in [6.07, 6.45) is 1.51. The number of rotatable bonds is 6. The van der Waals surface area contributed by atoms with E-state index in [1.807, 2.05) is 6.92 Å². The quantitative estimate of drug-likeness (QED) is 0.675. The Kier molecular flexibility index (Phi) is 5.68. The average molecular weight is 176 g/mol. The molecule has 0 spiro atoms. The van der Waals surface area contributed by atoms with Crippen LogP contribution in [-0.4, -0.2) is 17.2 Å². The molecule has 2 atom stereocenters. The zero-order valence-electron chi connectivity index (χ0n) is 7.72. The molecular weight excluding hydrogens is 159 g/mol. The highest BCUT2D eigenvalue weighted by molar-refractivity contribution is 5.71. The lowest BCUT2D eigenvalue weighted by atomic mass is 9.98. The van der Waals surface area contributed by atoms with Crippen LogP contribution in [0.15, 0.2) is 0 Å². The highest BCUT2D eigenvalue weighted by Crippen LogP contribution is 2.15. The van der Waals surface area contributed by atoms with E-state index >= 15 is 0 Å². The van der Waals surface area contributed by atoms with Crippen molar-refractivity contribution >= 4 is 5.97 Å². The number of carbonyl (C=O) groups is 1. The first kappa shape index (κ1) is 11.4. The molecule has 72 valence electrons. The van der Waals surface area contributed by atoms with Crippen LogP contribution in [0.25, 0.3) is 0 Å². The second-order valence-electron chi connectivity index (χ2n) is 3.29. The van der Waals surface area contributed by atoms with Gasteiger partial charge in [-0.05, 0) is 12.3 Å². The average Bonchev–Trinajstić information content (AvgIpc) is 2.00. The molecule has 0 rings (SSSR count). The number of carboxylic acid groups (broad SMARTS) is 1. The number of unbranched alkanes of at least 4 members (excludes halogenated alkanes) is 1. The maximum absolute atomic E-state index is 12.6. The SMILES string of the molecule is CCCCC(C)CC(F)C(=O)O. The summed E-state index contributed by atoms with van der Waals surface area (Å²) >= 11 is 0. The van der Waals surface area contributed by atoms with Crippen LogP contribution in [0.1, 0.15) is 39.5 Å². The van der Waals surface area contributed by atoms with E-state index in [4.69, 9.17) is 5.11 Å². The molecule has 0 bridgehead atoms. The van der Waals surface area contributed by atoms with Crippen molar-refractivity contribution in [3.63, 3.8) is 0 Å². The molecular formula is C9H17FO2. The first-order chi connectivity index (χ1) is 5.57. The minimum atomic E-state index is -1.68. The van der Waals surface area contributed by atoms with Gasteiger partial charge in [0.2, 0.25) is 0 Å². The Morgan fingerprint density at radius 2 is 2.17 bits per heavy atom. The number of halogens is 1. The molecule has 3 heteroatoms. The van der Waals surface area contributed by atoms with E-state index in [1.54, 1.807) is 0 Å². The van der Waals surface area contributed by atoms with E-state index in [9.17, 15) is 9.18 Å². The van der Waals surface area contributed by atoms with Crippen molar-refractivity contribution in [2.24, 2.45) is 5.92 Å².